The molecule has 0 bridgehead atoms. The van der Waals surface area contributed by atoms with Crippen LogP contribution in [-0.4, -0.2) is 50.7 Å². The summed E-state index contributed by atoms with van der Waals surface area (Å²) < 4.78 is 0. The van der Waals surface area contributed by atoms with Crippen molar-refractivity contribution in [2.45, 2.75) is 45.6 Å². The fourth-order valence-electron chi connectivity index (χ4n) is 3.62. The van der Waals surface area contributed by atoms with Crippen LogP contribution in [0.25, 0.3) is 0 Å². The van der Waals surface area contributed by atoms with Crippen LogP contribution in [0.3, 0.4) is 0 Å². The Kier molecular flexibility index (Phi) is 7.31. The molecule has 1 amide bonds. The van der Waals surface area contributed by atoms with E-state index in [9.17, 15) is 4.79 Å². The Morgan fingerprint density at radius 2 is 1.97 bits per heavy atom. The predicted octanol–water partition coefficient (Wildman–Crippen LogP) is 4.21. The quantitative estimate of drug-likeness (QED) is 0.317. The number of rotatable bonds is 9. The fraction of sp³-hybridized carbons (Fsp3) is 0.400. The third-order valence-corrected chi connectivity index (χ3v) is 6.06. The number of amides is 1. The molecule has 4 N–H and O–H groups in total. The van der Waals surface area contributed by atoms with E-state index in [1.165, 1.54) is 0 Å². The minimum Gasteiger partial charge on any atom is -0.343 e. The largest absolute Gasteiger partial charge is 0.343 e. The summed E-state index contributed by atoms with van der Waals surface area (Å²) >= 11 is 6.42. The van der Waals surface area contributed by atoms with Gasteiger partial charge < -0.3 is 20.9 Å². The van der Waals surface area contributed by atoms with Crippen LogP contribution in [0.15, 0.2) is 30.3 Å². The predicted molar refractivity (Wildman–Crippen MR) is 142 cm³/mol. The first kappa shape index (κ1) is 25.3. The number of terminal acetylenes is 1. The Balaban J connectivity index is 1.69. The number of carbonyl (C=O) groups excluding carboxylic acids is 1. The van der Waals surface area contributed by atoms with Crippen LogP contribution >= 0.6 is 11.6 Å². The number of aromatic amines is 1. The number of nitrogens with one attached hydrogen (secondary N) is 4. The molecule has 1 fully saturated rings. The van der Waals surface area contributed by atoms with Gasteiger partial charge >= 0.3 is 0 Å². The molecule has 1 aromatic carbocycles. The number of hydrogen-bond acceptors (Lipinski definition) is 8. The molecule has 0 saturated heterocycles. The standard InChI is InChI=1S/C25H30ClN9O/c1-6-13-27-21(36)20(25(2,3)4)29-23-30-22(28-19-14-17(33-34-19)15-11-12-15)31-24(32-23)35(5)18-10-8-7-9-16(18)26/h1,7-10,14-15,20H,11-13H2,2-5H3,(H,27,36)(H3,28,29,30,31,32,33,34). The lowest BCUT2D eigenvalue weighted by Gasteiger charge is -2.30. The summed E-state index contributed by atoms with van der Waals surface area (Å²) in [5.41, 5.74) is 1.27. The molecule has 0 spiro atoms. The zero-order valence-corrected chi connectivity index (χ0v) is 21.5. The van der Waals surface area contributed by atoms with Crippen molar-refractivity contribution >= 4 is 46.9 Å². The summed E-state index contributed by atoms with van der Waals surface area (Å²) in [6, 6.07) is 8.69. The van der Waals surface area contributed by atoms with Crippen molar-refractivity contribution in [3.05, 3.63) is 41.0 Å². The average molecular weight is 508 g/mol. The number of benzene rings is 1. The minimum absolute atomic E-state index is 0.126. The molecular formula is C25H30ClN9O. The minimum atomic E-state index is -0.659. The number of carbonyl (C=O) groups is 1. The molecule has 1 unspecified atom stereocenters. The van der Waals surface area contributed by atoms with E-state index < -0.39 is 11.5 Å². The van der Waals surface area contributed by atoms with Crippen LogP contribution in [0, 0.1) is 17.8 Å². The van der Waals surface area contributed by atoms with Crippen molar-refractivity contribution < 1.29 is 4.79 Å². The molecule has 0 aliphatic heterocycles. The number of halogens is 1. The van der Waals surface area contributed by atoms with Crippen LogP contribution in [0.1, 0.15) is 45.2 Å². The van der Waals surface area contributed by atoms with Crippen LogP contribution in [0.5, 0.6) is 0 Å². The van der Waals surface area contributed by atoms with E-state index in [-0.39, 0.29) is 24.3 Å². The van der Waals surface area contributed by atoms with Crippen molar-refractivity contribution in [3.8, 4) is 12.3 Å². The summed E-state index contributed by atoms with van der Waals surface area (Å²) in [5, 5.41) is 17.0. The third-order valence-electron chi connectivity index (χ3n) is 5.74. The molecule has 2 aromatic heterocycles. The van der Waals surface area contributed by atoms with E-state index in [0.29, 0.717) is 22.7 Å². The summed E-state index contributed by atoms with van der Waals surface area (Å²) in [4.78, 5) is 28.4. The topological polar surface area (TPSA) is 124 Å². The molecule has 188 valence electrons. The highest BCUT2D eigenvalue weighted by Gasteiger charge is 2.32. The van der Waals surface area contributed by atoms with Crippen LogP contribution < -0.4 is 20.9 Å². The van der Waals surface area contributed by atoms with Gasteiger partial charge in [0, 0.05) is 19.0 Å². The molecule has 1 saturated carbocycles. The van der Waals surface area contributed by atoms with Crippen LogP contribution in [0.4, 0.5) is 29.4 Å². The van der Waals surface area contributed by atoms with E-state index in [1.54, 1.807) is 11.0 Å². The molecule has 36 heavy (non-hydrogen) atoms. The Bertz CT molecular complexity index is 1270. The summed E-state index contributed by atoms with van der Waals surface area (Å²) in [6.07, 6.45) is 7.62. The number of aromatic nitrogens is 5. The lowest BCUT2D eigenvalue weighted by atomic mass is 9.86. The molecule has 1 aliphatic rings. The maximum Gasteiger partial charge on any atom is 0.243 e. The Morgan fingerprint density at radius 1 is 1.25 bits per heavy atom. The first-order valence-electron chi connectivity index (χ1n) is 11.7. The molecule has 0 radical (unpaired) electrons. The Labute approximate surface area is 215 Å². The zero-order valence-electron chi connectivity index (χ0n) is 20.8. The number of hydrogen-bond donors (Lipinski definition) is 4. The van der Waals surface area contributed by atoms with E-state index in [0.717, 1.165) is 24.2 Å². The monoisotopic (exact) mass is 507 g/mol. The van der Waals surface area contributed by atoms with Gasteiger partial charge in [0.1, 0.15) is 11.9 Å². The van der Waals surface area contributed by atoms with E-state index in [4.69, 9.17) is 18.0 Å². The molecule has 11 heteroatoms. The van der Waals surface area contributed by atoms with Gasteiger partial charge in [0.25, 0.3) is 0 Å². The van der Waals surface area contributed by atoms with Gasteiger partial charge in [-0.1, -0.05) is 50.4 Å². The second-order valence-corrected chi connectivity index (χ2v) is 10.2. The number of anilines is 5. The highest BCUT2D eigenvalue weighted by atomic mass is 35.5. The fourth-order valence-corrected chi connectivity index (χ4v) is 3.88. The van der Waals surface area contributed by atoms with Gasteiger partial charge in [0.2, 0.25) is 23.8 Å². The number of para-hydroxylation sites is 1. The summed E-state index contributed by atoms with van der Waals surface area (Å²) in [7, 11) is 1.81. The maximum atomic E-state index is 12.9. The highest BCUT2D eigenvalue weighted by molar-refractivity contribution is 6.33. The first-order valence-corrected chi connectivity index (χ1v) is 12.1. The third kappa shape index (κ3) is 6.04. The van der Waals surface area contributed by atoms with Crippen molar-refractivity contribution in [2.75, 3.05) is 29.1 Å². The van der Waals surface area contributed by atoms with Crippen molar-refractivity contribution in [1.29, 1.82) is 0 Å². The van der Waals surface area contributed by atoms with Gasteiger partial charge in [-0.05, 0) is 30.4 Å². The molecular weight excluding hydrogens is 478 g/mol. The first-order chi connectivity index (χ1) is 17.2. The van der Waals surface area contributed by atoms with Gasteiger partial charge in [-0.15, -0.1) is 6.42 Å². The highest BCUT2D eigenvalue weighted by Crippen LogP contribution is 2.39. The Morgan fingerprint density at radius 3 is 2.64 bits per heavy atom. The summed E-state index contributed by atoms with van der Waals surface area (Å²) in [6.45, 7) is 5.96. The van der Waals surface area contributed by atoms with Crippen molar-refractivity contribution in [2.24, 2.45) is 5.41 Å². The summed E-state index contributed by atoms with van der Waals surface area (Å²) in [5.74, 6) is 4.18. The zero-order chi connectivity index (χ0) is 25.9. The van der Waals surface area contributed by atoms with Gasteiger partial charge in [-0.25, -0.2) is 0 Å². The molecule has 1 atom stereocenters. The molecule has 10 nitrogen and oxygen atoms in total. The van der Waals surface area contributed by atoms with E-state index in [2.05, 4.69) is 47.0 Å². The van der Waals surface area contributed by atoms with Gasteiger partial charge in [0.05, 0.1) is 22.9 Å². The van der Waals surface area contributed by atoms with E-state index >= 15 is 0 Å². The lowest BCUT2D eigenvalue weighted by Crippen LogP contribution is -2.48. The lowest BCUT2D eigenvalue weighted by molar-refractivity contribution is -0.123. The molecule has 1 aliphatic carbocycles. The number of H-pyrrole nitrogens is 1. The molecule has 3 aromatic rings. The van der Waals surface area contributed by atoms with Crippen molar-refractivity contribution in [3.63, 3.8) is 0 Å². The van der Waals surface area contributed by atoms with Gasteiger partial charge in [-0.2, -0.15) is 20.1 Å². The van der Waals surface area contributed by atoms with Crippen LogP contribution in [0.2, 0.25) is 5.02 Å². The second kappa shape index (κ2) is 10.4. The van der Waals surface area contributed by atoms with Gasteiger partial charge in [0.15, 0.2) is 0 Å². The average Bonchev–Trinajstić information content (AvgIpc) is 3.59. The smallest absolute Gasteiger partial charge is 0.243 e. The number of nitrogens with zero attached hydrogens (tertiary/aromatic N) is 5. The van der Waals surface area contributed by atoms with Crippen LogP contribution in [-0.2, 0) is 4.79 Å². The SMILES string of the molecule is C#CCNC(=O)C(Nc1nc(Nc2cc(C3CC3)n[nH]2)nc(N(C)c2ccccc2Cl)n1)C(C)(C)C. The van der Waals surface area contributed by atoms with Gasteiger partial charge in [-0.3, -0.25) is 9.89 Å². The normalized spacial score (nSPS) is 14.0. The molecule has 4 rings (SSSR count). The second-order valence-electron chi connectivity index (χ2n) is 9.76. The molecule has 2 heterocycles. The van der Waals surface area contributed by atoms with Crippen molar-refractivity contribution in [1.82, 2.24) is 30.5 Å². The van der Waals surface area contributed by atoms with E-state index in [1.807, 2.05) is 52.1 Å². The maximum absolute atomic E-state index is 12.9. The Hall–Kier alpha value is -3.84.